The molecule has 0 saturated carbocycles. The van der Waals surface area contributed by atoms with Crippen molar-refractivity contribution in [2.75, 3.05) is 13.7 Å². The molecule has 1 aromatic rings. The number of esters is 1. The van der Waals surface area contributed by atoms with Crippen LogP contribution in [-0.4, -0.2) is 42.4 Å². The Morgan fingerprint density at radius 3 is 2.52 bits per heavy atom. The molecule has 3 atom stereocenters. The Hall–Kier alpha value is -2.57. The fourth-order valence-electron chi connectivity index (χ4n) is 3.32. The highest BCUT2D eigenvalue weighted by Crippen LogP contribution is 2.38. The van der Waals surface area contributed by atoms with Crippen LogP contribution < -0.4 is 10.5 Å². The molecule has 1 aliphatic heterocycles. The van der Waals surface area contributed by atoms with Crippen LogP contribution in [0.15, 0.2) is 24.3 Å². The SMILES string of the molecule is CCCCN1C(=O)CC[C@@H](C(=O)O[C@@H](C)C(N)=O)[C@@H]1c1ccc(OC)cc1. The van der Waals surface area contributed by atoms with Crippen LogP contribution >= 0.6 is 0 Å². The van der Waals surface area contributed by atoms with Gasteiger partial charge in [-0.2, -0.15) is 0 Å². The molecule has 148 valence electrons. The number of benzene rings is 1. The van der Waals surface area contributed by atoms with E-state index in [4.69, 9.17) is 15.2 Å². The van der Waals surface area contributed by atoms with Crippen LogP contribution in [0.3, 0.4) is 0 Å². The van der Waals surface area contributed by atoms with Crippen LogP contribution in [0.2, 0.25) is 0 Å². The lowest BCUT2D eigenvalue weighted by Crippen LogP contribution is -2.47. The van der Waals surface area contributed by atoms with Crippen molar-refractivity contribution in [3.05, 3.63) is 29.8 Å². The van der Waals surface area contributed by atoms with E-state index in [1.165, 1.54) is 6.92 Å². The maximum atomic E-state index is 12.8. The van der Waals surface area contributed by atoms with Crippen LogP contribution in [0.5, 0.6) is 5.75 Å². The molecule has 0 unspecified atom stereocenters. The molecule has 0 aromatic heterocycles. The highest BCUT2D eigenvalue weighted by molar-refractivity contribution is 5.85. The molecule has 1 aliphatic rings. The molecule has 2 amide bonds. The molecule has 0 aliphatic carbocycles. The van der Waals surface area contributed by atoms with E-state index in [2.05, 4.69) is 6.92 Å². The molecule has 0 spiro atoms. The molecule has 27 heavy (non-hydrogen) atoms. The number of nitrogens with two attached hydrogens (primary N) is 1. The van der Waals surface area contributed by atoms with Gasteiger partial charge in [0.15, 0.2) is 6.10 Å². The van der Waals surface area contributed by atoms with Gasteiger partial charge in [0.25, 0.3) is 5.91 Å². The summed E-state index contributed by atoms with van der Waals surface area (Å²) < 4.78 is 10.5. The summed E-state index contributed by atoms with van der Waals surface area (Å²) in [7, 11) is 1.58. The molecule has 0 bridgehead atoms. The summed E-state index contributed by atoms with van der Waals surface area (Å²) in [6.45, 7) is 4.07. The van der Waals surface area contributed by atoms with Crippen molar-refractivity contribution in [1.82, 2.24) is 4.90 Å². The molecule has 1 heterocycles. The third-order valence-corrected chi connectivity index (χ3v) is 4.91. The number of amides is 2. The second kappa shape index (κ2) is 9.39. The predicted molar refractivity (Wildman–Crippen MR) is 99.8 cm³/mol. The minimum absolute atomic E-state index is 0.0243. The van der Waals surface area contributed by atoms with Crippen molar-refractivity contribution in [1.29, 1.82) is 0 Å². The van der Waals surface area contributed by atoms with Gasteiger partial charge in [-0.1, -0.05) is 25.5 Å². The first-order valence-electron chi connectivity index (χ1n) is 9.32. The Labute approximate surface area is 159 Å². The molecule has 2 N–H and O–H groups in total. The molecule has 7 nitrogen and oxygen atoms in total. The van der Waals surface area contributed by atoms with Crippen molar-refractivity contribution in [2.45, 2.75) is 51.7 Å². The van der Waals surface area contributed by atoms with Crippen molar-refractivity contribution in [3.8, 4) is 5.75 Å². The van der Waals surface area contributed by atoms with E-state index in [1.807, 2.05) is 12.1 Å². The highest BCUT2D eigenvalue weighted by atomic mass is 16.5. The molecule has 1 aromatic carbocycles. The summed E-state index contributed by atoms with van der Waals surface area (Å²) in [6, 6.07) is 6.90. The van der Waals surface area contributed by atoms with Crippen molar-refractivity contribution in [2.24, 2.45) is 11.7 Å². The first kappa shape index (κ1) is 20.7. The molecular formula is C20H28N2O5. The Bertz CT molecular complexity index is 673. The number of unbranched alkanes of at least 4 members (excludes halogenated alkanes) is 1. The summed E-state index contributed by atoms with van der Waals surface area (Å²) in [5.41, 5.74) is 6.05. The van der Waals surface area contributed by atoms with Gasteiger partial charge in [0.05, 0.1) is 19.1 Å². The lowest BCUT2D eigenvalue weighted by molar-refractivity contribution is -0.164. The minimum atomic E-state index is -1.00. The van der Waals surface area contributed by atoms with Crippen molar-refractivity contribution < 1.29 is 23.9 Å². The van der Waals surface area contributed by atoms with Crippen LogP contribution in [-0.2, 0) is 19.1 Å². The summed E-state index contributed by atoms with van der Waals surface area (Å²) >= 11 is 0. The second-order valence-electron chi connectivity index (χ2n) is 6.79. The topological polar surface area (TPSA) is 98.9 Å². The number of methoxy groups -OCH3 is 1. The zero-order valence-electron chi connectivity index (χ0n) is 16.1. The average molecular weight is 376 g/mol. The lowest BCUT2D eigenvalue weighted by atomic mass is 9.84. The van der Waals surface area contributed by atoms with Gasteiger partial charge >= 0.3 is 5.97 Å². The third kappa shape index (κ3) is 4.99. The molecular weight excluding hydrogens is 348 g/mol. The minimum Gasteiger partial charge on any atom is -0.497 e. The van der Waals surface area contributed by atoms with E-state index in [-0.39, 0.29) is 12.3 Å². The zero-order chi connectivity index (χ0) is 20.0. The normalized spacial score (nSPS) is 20.9. The number of nitrogens with zero attached hydrogens (tertiary/aromatic N) is 1. The monoisotopic (exact) mass is 376 g/mol. The quantitative estimate of drug-likeness (QED) is 0.701. The number of primary amides is 1. The summed E-state index contributed by atoms with van der Waals surface area (Å²) in [6.07, 6.45) is 1.43. The van der Waals surface area contributed by atoms with Gasteiger partial charge in [-0.3, -0.25) is 14.4 Å². The molecule has 2 rings (SSSR count). The summed E-state index contributed by atoms with van der Waals surface area (Å²) in [5, 5.41) is 0. The molecule has 1 saturated heterocycles. The third-order valence-electron chi connectivity index (χ3n) is 4.91. The van der Waals surface area contributed by atoms with E-state index < -0.39 is 29.9 Å². The summed E-state index contributed by atoms with van der Waals surface area (Å²) in [5.74, 6) is -1.02. The number of likely N-dealkylation sites (tertiary alicyclic amines) is 1. The Balaban J connectivity index is 2.34. The molecule has 7 heteroatoms. The van der Waals surface area contributed by atoms with Gasteiger partial charge in [0.2, 0.25) is 5.91 Å². The largest absolute Gasteiger partial charge is 0.497 e. The van der Waals surface area contributed by atoms with Crippen molar-refractivity contribution in [3.63, 3.8) is 0 Å². The Morgan fingerprint density at radius 1 is 1.30 bits per heavy atom. The maximum absolute atomic E-state index is 12.8. The van der Waals surface area contributed by atoms with E-state index in [0.29, 0.717) is 18.7 Å². The Kier molecular flexibility index (Phi) is 7.21. The smallest absolute Gasteiger partial charge is 0.312 e. The predicted octanol–water partition coefficient (Wildman–Crippen LogP) is 2.19. The van der Waals surface area contributed by atoms with E-state index in [1.54, 1.807) is 24.1 Å². The molecule has 1 fully saturated rings. The molecule has 0 radical (unpaired) electrons. The van der Waals surface area contributed by atoms with Gasteiger partial charge in [0.1, 0.15) is 5.75 Å². The van der Waals surface area contributed by atoms with Crippen LogP contribution in [0.25, 0.3) is 0 Å². The van der Waals surface area contributed by atoms with Crippen molar-refractivity contribution >= 4 is 17.8 Å². The number of rotatable bonds is 8. The van der Waals surface area contributed by atoms with E-state index >= 15 is 0 Å². The fraction of sp³-hybridized carbons (Fsp3) is 0.550. The number of carbonyl (C=O) groups is 3. The number of hydrogen-bond acceptors (Lipinski definition) is 5. The second-order valence-corrected chi connectivity index (χ2v) is 6.79. The lowest BCUT2D eigenvalue weighted by Gasteiger charge is -2.40. The number of carbonyl (C=O) groups excluding carboxylic acids is 3. The van der Waals surface area contributed by atoms with Gasteiger partial charge in [-0.25, -0.2) is 0 Å². The van der Waals surface area contributed by atoms with Crippen LogP contribution in [0.4, 0.5) is 0 Å². The van der Waals surface area contributed by atoms with E-state index in [0.717, 1.165) is 18.4 Å². The van der Waals surface area contributed by atoms with Crippen LogP contribution in [0, 0.1) is 5.92 Å². The van der Waals surface area contributed by atoms with Gasteiger partial charge in [-0.15, -0.1) is 0 Å². The Morgan fingerprint density at radius 2 is 1.96 bits per heavy atom. The van der Waals surface area contributed by atoms with Gasteiger partial charge in [0, 0.05) is 13.0 Å². The first-order valence-corrected chi connectivity index (χ1v) is 9.32. The number of ether oxygens (including phenoxy) is 2. The van der Waals surface area contributed by atoms with Crippen LogP contribution in [0.1, 0.15) is 51.1 Å². The first-order chi connectivity index (χ1) is 12.9. The highest BCUT2D eigenvalue weighted by Gasteiger charge is 2.41. The van der Waals surface area contributed by atoms with E-state index in [9.17, 15) is 14.4 Å². The number of hydrogen-bond donors (Lipinski definition) is 1. The number of piperidine rings is 1. The average Bonchev–Trinajstić information content (AvgIpc) is 2.66. The van der Waals surface area contributed by atoms with Gasteiger partial charge < -0.3 is 20.1 Å². The standard InChI is InChI=1S/C20H28N2O5/c1-4-5-12-22-17(23)11-10-16(20(25)27-13(2)19(21)24)18(22)14-6-8-15(26-3)9-7-14/h6-9,13,16,18H,4-5,10-12H2,1-3H3,(H2,21,24)/t13-,16+,18-/m0/s1. The fourth-order valence-corrected chi connectivity index (χ4v) is 3.32. The van der Waals surface area contributed by atoms with Gasteiger partial charge in [-0.05, 0) is 37.5 Å². The summed E-state index contributed by atoms with van der Waals surface area (Å²) in [4.78, 5) is 38.4. The zero-order valence-corrected chi connectivity index (χ0v) is 16.1. The maximum Gasteiger partial charge on any atom is 0.312 e.